The molecule has 0 unspecified atom stereocenters. The van der Waals surface area contributed by atoms with Gasteiger partial charge in [0.25, 0.3) is 5.54 Å². The van der Waals surface area contributed by atoms with E-state index in [4.69, 9.17) is 35.0 Å². The molecule has 0 spiro atoms. The summed E-state index contributed by atoms with van der Waals surface area (Å²) < 4.78 is 2.12. The van der Waals surface area contributed by atoms with Gasteiger partial charge in [-0.3, -0.25) is 0 Å². The number of benzene rings is 2. The van der Waals surface area contributed by atoms with E-state index in [0.717, 1.165) is 53.5 Å². The zero-order valence-electron chi connectivity index (χ0n) is 19.8. The first-order valence-electron chi connectivity index (χ1n) is 11.0. The summed E-state index contributed by atoms with van der Waals surface area (Å²) in [5.74, 6) is 1.38. The van der Waals surface area contributed by atoms with Gasteiger partial charge in [0.05, 0.1) is 12.5 Å². The predicted molar refractivity (Wildman–Crippen MR) is 152 cm³/mol. The van der Waals surface area contributed by atoms with Gasteiger partial charge in [-0.15, -0.1) is 23.2 Å². The molecule has 1 heterocycles. The zero-order chi connectivity index (χ0) is 25.4. The van der Waals surface area contributed by atoms with Gasteiger partial charge < -0.3 is 14.6 Å². The minimum atomic E-state index is -0.285. The first kappa shape index (κ1) is 30.9. The fourth-order valence-corrected chi connectivity index (χ4v) is 4.41. The zero-order valence-corrected chi connectivity index (χ0v) is 24.5. The maximum absolute atomic E-state index is 8.33. The molecule has 0 aliphatic carbocycles. The normalized spacial score (nSPS) is 14.6. The monoisotopic (exact) mass is 628 g/mol. The summed E-state index contributed by atoms with van der Waals surface area (Å²) in [7, 11) is 4.13. The van der Waals surface area contributed by atoms with Crippen LogP contribution in [-0.4, -0.2) is 61.8 Å². The maximum atomic E-state index is 8.33. The Balaban J connectivity index is 0.000000277. The van der Waals surface area contributed by atoms with Gasteiger partial charge in [-0.05, 0) is 56.1 Å². The molecule has 1 fully saturated rings. The summed E-state index contributed by atoms with van der Waals surface area (Å²) in [5.41, 5.74) is 1.94. The number of nitriles is 1. The highest BCUT2D eigenvalue weighted by Crippen LogP contribution is 2.37. The van der Waals surface area contributed by atoms with Crippen LogP contribution in [0.15, 0.2) is 57.5 Å². The van der Waals surface area contributed by atoms with Gasteiger partial charge in [-0.2, -0.15) is 5.26 Å². The number of likely N-dealkylation sites (tertiary alicyclic amines) is 1. The number of rotatable bonds is 6. The number of hydrogen-bond acceptors (Lipinski definition) is 3. The van der Waals surface area contributed by atoms with Crippen LogP contribution in [-0.2, 0) is 12.0 Å². The molecule has 1 aliphatic rings. The Morgan fingerprint density at radius 1 is 1.00 bits per heavy atom. The number of hydrogen-bond donors (Lipinski definition) is 0. The van der Waals surface area contributed by atoms with Crippen LogP contribution in [0.2, 0.25) is 0 Å². The average Bonchev–Trinajstić information content (AvgIpc) is 2.83. The van der Waals surface area contributed by atoms with Crippen LogP contribution in [0.4, 0.5) is 0 Å². The molecule has 0 N–H and O–H groups in total. The van der Waals surface area contributed by atoms with Crippen LogP contribution < -0.4 is 0 Å². The Morgan fingerprint density at radius 3 is 1.88 bits per heavy atom. The van der Waals surface area contributed by atoms with Gasteiger partial charge in [0.1, 0.15) is 0 Å². The lowest BCUT2D eigenvalue weighted by Gasteiger charge is -2.31. The summed E-state index contributed by atoms with van der Waals surface area (Å²) in [4.78, 5) is 8.31. The van der Waals surface area contributed by atoms with Crippen molar-refractivity contribution in [2.45, 2.75) is 24.8 Å². The summed E-state index contributed by atoms with van der Waals surface area (Å²) in [6.07, 6.45) is 2.37. The third kappa shape index (κ3) is 11.5. The van der Waals surface area contributed by atoms with Crippen molar-refractivity contribution in [2.24, 2.45) is 0 Å². The average molecular weight is 631 g/mol. The Morgan fingerprint density at radius 2 is 1.47 bits per heavy atom. The quantitative estimate of drug-likeness (QED) is 0.250. The van der Waals surface area contributed by atoms with Gasteiger partial charge >= 0.3 is 0 Å². The van der Waals surface area contributed by atoms with E-state index in [-0.39, 0.29) is 5.54 Å². The van der Waals surface area contributed by atoms with E-state index in [1.807, 2.05) is 43.4 Å². The Labute approximate surface area is 231 Å². The highest BCUT2D eigenvalue weighted by atomic mass is 79.9. The lowest BCUT2D eigenvalue weighted by molar-refractivity contribution is 0.216. The van der Waals surface area contributed by atoms with E-state index >= 15 is 0 Å². The number of nitrogens with zero attached hydrogens (tertiary/aromatic N) is 4. The summed E-state index contributed by atoms with van der Waals surface area (Å²) >= 11 is 17.6. The van der Waals surface area contributed by atoms with Gasteiger partial charge in [0, 0.05) is 65.3 Å². The van der Waals surface area contributed by atoms with Crippen molar-refractivity contribution in [3.05, 3.63) is 80.0 Å². The largest absolute Gasteiger partial charge is 0.306 e. The molecular formula is C26H32Br2Cl2N4. The lowest BCUT2D eigenvalue weighted by atomic mass is 9.82. The Bertz CT molecular complexity index is 894. The minimum absolute atomic E-state index is 0.285. The number of alkyl halides is 2. The number of piperidine rings is 1. The smallest absolute Gasteiger partial charge is 0.260 e. The summed E-state index contributed by atoms with van der Waals surface area (Å²) in [5, 5.41) is 8.33. The standard InChI is InChI=1S/C13H15BrN2.C8H6BrN.C5H11Cl2N/c1-15-13(7-9-16(2)10-8-13)11-3-5-12(14)6-4-11;9-8-3-1-7(2-4-8)5-6-10;1-8(4-2-6)5-3-7/h3-6H,7-10H2,2H3;1-4H,5H2;2-5H2,1H3. The molecule has 0 saturated carbocycles. The van der Waals surface area contributed by atoms with E-state index in [2.05, 4.69) is 71.8 Å². The van der Waals surface area contributed by atoms with E-state index in [9.17, 15) is 0 Å². The third-order valence-electron chi connectivity index (χ3n) is 5.54. The first-order chi connectivity index (χ1) is 16.3. The third-order valence-corrected chi connectivity index (χ3v) is 6.93. The second-order valence-electron chi connectivity index (χ2n) is 8.10. The van der Waals surface area contributed by atoms with Gasteiger partial charge in [0.15, 0.2) is 0 Å². The minimum Gasteiger partial charge on any atom is -0.306 e. The molecule has 1 aliphatic heterocycles. The fourth-order valence-electron chi connectivity index (χ4n) is 3.31. The molecule has 2 aromatic rings. The van der Waals surface area contributed by atoms with Crippen molar-refractivity contribution in [2.75, 3.05) is 52.0 Å². The topological polar surface area (TPSA) is 34.6 Å². The first-order valence-corrected chi connectivity index (χ1v) is 13.7. The molecule has 184 valence electrons. The molecule has 0 radical (unpaired) electrons. The van der Waals surface area contributed by atoms with Crippen molar-refractivity contribution in [1.29, 1.82) is 5.26 Å². The molecule has 4 nitrogen and oxygen atoms in total. The SMILES string of the molecule is CN(CCCl)CCCl.N#CCc1ccc(Br)cc1.[C-]#[N+]C1(c2ccc(Br)cc2)CCN(C)CC1. The molecule has 0 amide bonds. The molecule has 0 aromatic heterocycles. The predicted octanol–water partition coefficient (Wildman–Crippen LogP) is 7.20. The fraction of sp³-hybridized carbons (Fsp3) is 0.462. The van der Waals surface area contributed by atoms with Gasteiger partial charge in [-0.1, -0.05) is 44.0 Å². The van der Waals surface area contributed by atoms with Crippen molar-refractivity contribution >= 4 is 55.1 Å². The van der Waals surface area contributed by atoms with Crippen LogP contribution in [0.3, 0.4) is 0 Å². The van der Waals surface area contributed by atoms with Crippen molar-refractivity contribution < 1.29 is 0 Å². The van der Waals surface area contributed by atoms with Crippen LogP contribution in [0.25, 0.3) is 4.85 Å². The lowest BCUT2D eigenvalue weighted by Crippen LogP contribution is -2.38. The van der Waals surface area contributed by atoms with Gasteiger partial charge in [0.2, 0.25) is 0 Å². The van der Waals surface area contributed by atoms with Crippen molar-refractivity contribution in [3.8, 4) is 6.07 Å². The molecule has 0 atom stereocenters. The van der Waals surface area contributed by atoms with Crippen LogP contribution in [0, 0.1) is 17.9 Å². The van der Waals surface area contributed by atoms with Crippen LogP contribution >= 0.6 is 55.1 Å². The Kier molecular flexibility index (Phi) is 15.8. The highest BCUT2D eigenvalue weighted by Gasteiger charge is 2.41. The Hall–Kier alpha value is -1.12. The second kappa shape index (κ2) is 17.3. The molecule has 3 rings (SSSR count). The van der Waals surface area contributed by atoms with Crippen LogP contribution in [0.5, 0.6) is 0 Å². The van der Waals surface area contributed by atoms with Crippen molar-refractivity contribution in [1.82, 2.24) is 9.80 Å². The molecule has 8 heteroatoms. The summed E-state index contributed by atoms with van der Waals surface area (Å²) in [6.45, 7) is 11.4. The molecular weight excluding hydrogens is 599 g/mol. The van der Waals surface area contributed by atoms with Crippen molar-refractivity contribution in [3.63, 3.8) is 0 Å². The molecule has 2 aromatic carbocycles. The maximum Gasteiger partial charge on any atom is 0.260 e. The van der Waals surface area contributed by atoms with E-state index in [1.165, 1.54) is 5.56 Å². The summed E-state index contributed by atoms with van der Waals surface area (Å²) in [6, 6.07) is 18.0. The molecule has 1 saturated heterocycles. The van der Waals surface area contributed by atoms with Gasteiger partial charge in [-0.25, -0.2) is 6.57 Å². The molecule has 0 bridgehead atoms. The van der Waals surface area contributed by atoms with Crippen LogP contribution in [0.1, 0.15) is 24.0 Å². The highest BCUT2D eigenvalue weighted by molar-refractivity contribution is 9.10. The molecule has 34 heavy (non-hydrogen) atoms. The second-order valence-corrected chi connectivity index (χ2v) is 10.7. The van der Waals surface area contributed by atoms with E-state index in [0.29, 0.717) is 18.2 Å². The van der Waals surface area contributed by atoms with E-state index < -0.39 is 0 Å². The van der Waals surface area contributed by atoms with E-state index in [1.54, 1.807) is 0 Å². The number of halogens is 4.